The van der Waals surface area contributed by atoms with Crippen molar-refractivity contribution in [1.29, 1.82) is 0 Å². The van der Waals surface area contributed by atoms with Crippen molar-refractivity contribution in [2.24, 2.45) is 0 Å². The molecule has 0 fully saturated rings. The van der Waals surface area contributed by atoms with Crippen LogP contribution in [0.1, 0.15) is 44.2 Å². The molecule has 41 heavy (non-hydrogen) atoms. The molecule has 3 aromatic carbocycles. The van der Waals surface area contributed by atoms with E-state index in [1.54, 1.807) is 19.1 Å². The van der Waals surface area contributed by atoms with Crippen LogP contribution in [0.5, 0.6) is 0 Å². The highest BCUT2D eigenvalue weighted by atomic mass is 35.5. The molecule has 1 N–H and O–H groups in total. The Kier molecular flexibility index (Phi) is 11.6. The average molecular weight is 623 g/mol. The third kappa shape index (κ3) is 8.44. The van der Waals surface area contributed by atoms with Gasteiger partial charge in [0.05, 0.1) is 20.6 Å². The zero-order valence-corrected chi connectivity index (χ0v) is 25.6. The molecule has 0 heterocycles. The van der Waals surface area contributed by atoms with Crippen molar-refractivity contribution in [3.8, 4) is 0 Å². The van der Waals surface area contributed by atoms with E-state index in [1.165, 1.54) is 59.5 Å². The van der Waals surface area contributed by atoms with E-state index in [4.69, 9.17) is 23.2 Å². The minimum atomic E-state index is -4.24. The number of nitrogens with one attached hydrogen (secondary N) is 1. The maximum absolute atomic E-state index is 14.0. The molecule has 0 spiro atoms. The third-order valence-corrected chi connectivity index (χ3v) is 9.09. The lowest BCUT2D eigenvalue weighted by Crippen LogP contribution is -2.52. The van der Waals surface area contributed by atoms with Crippen LogP contribution in [-0.2, 0) is 26.2 Å². The van der Waals surface area contributed by atoms with Gasteiger partial charge in [-0.15, -0.1) is 0 Å². The lowest BCUT2D eigenvalue weighted by atomic mass is 10.1. The fourth-order valence-electron chi connectivity index (χ4n) is 4.22. The monoisotopic (exact) mass is 621 g/mol. The van der Waals surface area contributed by atoms with E-state index in [1.807, 2.05) is 13.8 Å². The summed E-state index contributed by atoms with van der Waals surface area (Å²) in [6.45, 7) is 5.41. The molecular weight excluding hydrogens is 588 g/mol. The van der Waals surface area contributed by atoms with Crippen molar-refractivity contribution >= 4 is 50.7 Å². The minimum Gasteiger partial charge on any atom is -0.354 e. The smallest absolute Gasteiger partial charge is 0.264 e. The highest BCUT2D eigenvalue weighted by Crippen LogP contribution is 2.31. The second-order valence-electron chi connectivity index (χ2n) is 9.64. The van der Waals surface area contributed by atoms with Gasteiger partial charge in [-0.2, -0.15) is 0 Å². The topological polar surface area (TPSA) is 86.8 Å². The van der Waals surface area contributed by atoms with E-state index in [2.05, 4.69) is 5.32 Å². The maximum Gasteiger partial charge on any atom is 0.264 e. The lowest BCUT2D eigenvalue weighted by molar-refractivity contribution is -0.140. The summed E-state index contributed by atoms with van der Waals surface area (Å²) in [5.41, 5.74) is 1.59. The first-order valence-electron chi connectivity index (χ1n) is 13.3. The van der Waals surface area contributed by atoms with Gasteiger partial charge in [-0.25, -0.2) is 12.8 Å². The normalized spacial score (nSPS) is 12.0. The molecule has 3 rings (SSSR count). The van der Waals surface area contributed by atoms with E-state index in [0.717, 1.165) is 22.7 Å². The first-order chi connectivity index (χ1) is 19.5. The number of unbranched alkanes of at least 4 members (excludes halogenated alkanes) is 1. The summed E-state index contributed by atoms with van der Waals surface area (Å²) in [7, 11) is -4.24. The van der Waals surface area contributed by atoms with E-state index < -0.39 is 34.3 Å². The molecule has 0 bridgehead atoms. The third-order valence-electron chi connectivity index (χ3n) is 6.56. The van der Waals surface area contributed by atoms with Crippen LogP contribution in [0.25, 0.3) is 0 Å². The fourth-order valence-corrected chi connectivity index (χ4v) is 5.92. The second-order valence-corrected chi connectivity index (χ2v) is 12.3. The largest absolute Gasteiger partial charge is 0.354 e. The Morgan fingerprint density at radius 1 is 0.951 bits per heavy atom. The van der Waals surface area contributed by atoms with Gasteiger partial charge >= 0.3 is 0 Å². The molecule has 2 amide bonds. The molecule has 0 radical (unpaired) electrons. The van der Waals surface area contributed by atoms with Crippen LogP contribution >= 0.6 is 23.2 Å². The number of sulfonamides is 1. The molecule has 11 heteroatoms. The van der Waals surface area contributed by atoms with Gasteiger partial charge in [0.2, 0.25) is 11.8 Å². The highest BCUT2D eigenvalue weighted by molar-refractivity contribution is 7.92. The Balaban J connectivity index is 2.05. The molecule has 0 aliphatic rings. The zero-order valence-electron chi connectivity index (χ0n) is 23.2. The summed E-state index contributed by atoms with van der Waals surface area (Å²) < 4.78 is 42.4. The van der Waals surface area contributed by atoms with Crippen molar-refractivity contribution in [2.45, 2.75) is 57.5 Å². The average Bonchev–Trinajstić information content (AvgIpc) is 2.94. The van der Waals surface area contributed by atoms with Crippen LogP contribution in [0.15, 0.2) is 71.6 Å². The number of rotatable bonds is 13. The quantitative estimate of drug-likeness (QED) is 0.225. The molecule has 3 aromatic rings. The molecule has 0 aliphatic heterocycles. The number of hydrogen-bond acceptors (Lipinski definition) is 4. The van der Waals surface area contributed by atoms with E-state index in [-0.39, 0.29) is 39.5 Å². The Bertz CT molecular complexity index is 1450. The predicted molar refractivity (Wildman–Crippen MR) is 161 cm³/mol. The van der Waals surface area contributed by atoms with Crippen molar-refractivity contribution in [3.05, 3.63) is 93.7 Å². The van der Waals surface area contributed by atoms with Crippen molar-refractivity contribution < 1.29 is 22.4 Å². The van der Waals surface area contributed by atoms with E-state index in [9.17, 15) is 22.4 Å². The number of hydrogen-bond donors (Lipinski definition) is 1. The van der Waals surface area contributed by atoms with E-state index in [0.29, 0.717) is 12.1 Å². The zero-order chi connectivity index (χ0) is 30.2. The molecule has 220 valence electrons. The molecule has 7 nitrogen and oxygen atoms in total. The van der Waals surface area contributed by atoms with Gasteiger partial charge in [-0.05, 0) is 67.8 Å². The van der Waals surface area contributed by atoms with Crippen molar-refractivity contribution in [3.63, 3.8) is 0 Å². The lowest BCUT2D eigenvalue weighted by Gasteiger charge is -2.33. The van der Waals surface area contributed by atoms with Gasteiger partial charge in [-0.3, -0.25) is 13.9 Å². The SMILES string of the molecule is CCCCNC(=O)[C@H](CC)N(Cc1ccc(F)cc1)C(=O)CN(c1ccc(Cl)c(Cl)c1)S(=O)(=O)c1ccc(C)cc1. The maximum atomic E-state index is 14.0. The minimum absolute atomic E-state index is 0.0172. The van der Waals surface area contributed by atoms with Crippen LogP contribution in [0.3, 0.4) is 0 Å². The Morgan fingerprint density at radius 3 is 2.20 bits per heavy atom. The number of aryl methyl sites for hydroxylation is 1. The summed E-state index contributed by atoms with van der Waals surface area (Å²) in [6, 6.07) is 15.2. The number of halogens is 3. The summed E-state index contributed by atoms with van der Waals surface area (Å²) in [4.78, 5) is 28.5. The molecule has 1 atom stereocenters. The fraction of sp³-hybridized carbons (Fsp3) is 0.333. The van der Waals surface area contributed by atoms with Gasteiger partial charge in [0.15, 0.2) is 0 Å². The molecule has 0 saturated heterocycles. The highest BCUT2D eigenvalue weighted by Gasteiger charge is 2.33. The second kappa shape index (κ2) is 14.7. The van der Waals surface area contributed by atoms with Gasteiger partial charge < -0.3 is 10.2 Å². The summed E-state index contributed by atoms with van der Waals surface area (Å²) in [5.74, 6) is -1.40. The summed E-state index contributed by atoms with van der Waals surface area (Å²) >= 11 is 12.3. The number of anilines is 1. The molecular formula is C30H34Cl2FN3O4S. The molecule has 0 saturated carbocycles. The van der Waals surface area contributed by atoms with Crippen LogP contribution in [0, 0.1) is 12.7 Å². The predicted octanol–water partition coefficient (Wildman–Crippen LogP) is 6.36. The van der Waals surface area contributed by atoms with Crippen LogP contribution in [-0.4, -0.2) is 44.3 Å². The Labute approximate surface area is 251 Å². The molecule has 0 aliphatic carbocycles. The Morgan fingerprint density at radius 2 is 1.61 bits per heavy atom. The standard InChI is InChI=1S/C30H34Cl2FN3O4S/c1-4-6-17-34-30(38)28(5-2)35(19-22-9-11-23(33)12-10-22)29(37)20-36(24-13-16-26(31)27(32)18-24)41(39,40)25-14-7-21(3)8-15-25/h7-16,18,28H,4-6,17,19-20H2,1-3H3,(H,34,38)/t28-/m0/s1. The van der Waals surface area contributed by atoms with Crippen LogP contribution in [0.2, 0.25) is 10.0 Å². The summed E-state index contributed by atoms with van der Waals surface area (Å²) in [5, 5.41) is 3.21. The van der Waals surface area contributed by atoms with Gasteiger partial charge in [0.1, 0.15) is 18.4 Å². The van der Waals surface area contributed by atoms with E-state index >= 15 is 0 Å². The first-order valence-corrected chi connectivity index (χ1v) is 15.5. The van der Waals surface area contributed by atoms with Crippen LogP contribution in [0.4, 0.5) is 10.1 Å². The molecule has 0 aromatic heterocycles. The number of nitrogens with zero attached hydrogens (tertiary/aromatic N) is 2. The first kappa shape index (κ1) is 32.4. The number of amides is 2. The summed E-state index contributed by atoms with van der Waals surface area (Å²) in [6.07, 6.45) is 1.93. The molecule has 0 unspecified atom stereocenters. The van der Waals surface area contributed by atoms with Crippen molar-refractivity contribution in [2.75, 3.05) is 17.4 Å². The number of carbonyl (C=O) groups excluding carboxylic acids is 2. The van der Waals surface area contributed by atoms with Gasteiger partial charge in [-0.1, -0.05) is 73.3 Å². The van der Waals surface area contributed by atoms with Gasteiger partial charge in [0, 0.05) is 13.1 Å². The van der Waals surface area contributed by atoms with Crippen LogP contribution < -0.4 is 9.62 Å². The number of benzene rings is 3. The van der Waals surface area contributed by atoms with Crippen molar-refractivity contribution in [1.82, 2.24) is 10.2 Å². The number of carbonyl (C=O) groups is 2. The Hall–Kier alpha value is -3.14. The van der Waals surface area contributed by atoms with Gasteiger partial charge in [0.25, 0.3) is 10.0 Å².